The van der Waals surface area contributed by atoms with Crippen molar-refractivity contribution in [1.29, 1.82) is 0 Å². The molecule has 2 aromatic rings. The monoisotopic (exact) mass is 232 g/mol. The molecule has 0 aliphatic rings. The zero-order valence-electron chi connectivity index (χ0n) is 8.54. The van der Waals surface area contributed by atoms with Crippen molar-refractivity contribution >= 4 is 11.9 Å². The number of hydrogen-bond acceptors (Lipinski definition) is 3. The van der Waals surface area contributed by atoms with E-state index in [4.69, 9.17) is 10.2 Å². The maximum atomic E-state index is 10.8. The summed E-state index contributed by atoms with van der Waals surface area (Å²) in [6.45, 7) is 0. The van der Waals surface area contributed by atoms with Crippen LogP contribution >= 0.6 is 0 Å². The third-order valence-corrected chi connectivity index (χ3v) is 2.21. The third-order valence-electron chi connectivity index (χ3n) is 2.21. The fraction of sp³-hybridized carbons (Fsp3) is 0. The van der Waals surface area contributed by atoms with Gasteiger partial charge in [0.15, 0.2) is 0 Å². The summed E-state index contributed by atoms with van der Waals surface area (Å²) in [7, 11) is 0. The van der Waals surface area contributed by atoms with E-state index >= 15 is 0 Å². The summed E-state index contributed by atoms with van der Waals surface area (Å²) < 4.78 is 0. The summed E-state index contributed by atoms with van der Waals surface area (Å²) in [5.41, 5.74) is 1.03. The van der Waals surface area contributed by atoms with E-state index in [0.29, 0.717) is 11.3 Å². The minimum atomic E-state index is -1.11. The topological polar surface area (TPSA) is 103 Å². The van der Waals surface area contributed by atoms with Crippen LogP contribution in [0.25, 0.3) is 11.3 Å². The van der Waals surface area contributed by atoms with Gasteiger partial charge in [0.25, 0.3) is 0 Å². The molecule has 0 radical (unpaired) electrons. The van der Waals surface area contributed by atoms with Crippen LogP contribution in [0.5, 0.6) is 0 Å². The Hall–Kier alpha value is -2.63. The van der Waals surface area contributed by atoms with Crippen molar-refractivity contribution in [3.8, 4) is 11.3 Å². The average molecular weight is 232 g/mol. The largest absolute Gasteiger partial charge is 0.478 e. The van der Waals surface area contributed by atoms with Gasteiger partial charge in [-0.25, -0.2) is 9.59 Å². The molecule has 0 aliphatic heterocycles. The zero-order chi connectivity index (χ0) is 12.4. The van der Waals surface area contributed by atoms with Crippen LogP contribution in [0.4, 0.5) is 0 Å². The van der Waals surface area contributed by atoms with Crippen LogP contribution in [0, 0.1) is 0 Å². The number of carboxylic acids is 2. The second-order valence-corrected chi connectivity index (χ2v) is 3.36. The highest BCUT2D eigenvalue weighted by Crippen LogP contribution is 2.19. The molecule has 0 aliphatic carbocycles. The lowest BCUT2D eigenvalue weighted by molar-refractivity contribution is 0.0682. The lowest BCUT2D eigenvalue weighted by atomic mass is 10.1. The third kappa shape index (κ3) is 2.15. The van der Waals surface area contributed by atoms with Gasteiger partial charge in [-0.1, -0.05) is 12.1 Å². The summed E-state index contributed by atoms with van der Waals surface area (Å²) in [5.74, 6) is -2.15. The molecule has 1 heterocycles. The van der Waals surface area contributed by atoms with Crippen molar-refractivity contribution in [3.63, 3.8) is 0 Å². The Morgan fingerprint density at radius 1 is 1.12 bits per heavy atom. The summed E-state index contributed by atoms with van der Waals surface area (Å²) in [6.07, 6.45) is 0. The molecule has 1 aromatic heterocycles. The molecular weight excluding hydrogens is 224 g/mol. The minimum absolute atomic E-state index is 0.0410. The second-order valence-electron chi connectivity index (χ2n) is 3.36. The summed E-state index contributed by atoms with van der Waals surface area (Å²) in [4.78, 5) is 21.4. The Bertz CT molecular complexity index is 589. The van der Waals surface area contributed by atoms with Crippen molar-refractivity contribution in [2.24, 2.45) is 0 Å². The van der Waals surface area contributed by atoms with Crippen molar-refractivity contribution in [2.75, 3.05) is 0 Å². The molecule has 0 saturated carbocycles. The van der Waals surface area contributed by atoms with Gasteiger partial charge in [0, 0.05) is 5.56 Å². The van der Waals surface area contributed by atoms with E-state index in [1.54, 1.807) is 12.1 Å². The molecule has 86 valence electrons. The maximum absolute atomic E-state index is 10.8. The molecule has 3 N–H and O–H groups in total. The number of nitrogens with one attached hydrogen (secondary N) is 1. The SMILES string of the molecule is O=C(O)c1cccc(-c2cc(C(=O)O)[nH]n2)c1. The number of hydrogen-bond donors (Lipinski definition) is 3. The summed E-state index contributed by atoms with van der Waals surface area (Å²) in [6, 6.07) is 7.48. The quantitative estimate of drug-likeness (QED) is 0.743. The maximum Gasteiger partial charge on any atom is 0.353 e. The van der Waals surface area contributed by atoms with E-state index in [1.807, 2.05) is 0 Å². The number of carboxylic acid groups (broad SMARTS) is 2. The fourth-order valence-corrected chi connectivity index (χ4v) is 1.39. The molecule has 0 bridgehead atoms. The number of benzene rings is 1. The van der Waals surface area contributed by atoms with Crippen molar-refractivity contribution in [1.82, 2.24) is 10.2 Å². The molecule has 1 aromatic carbocycles. The van der Waals surface area contributed by atoms with E-state index in [0.717, 1.165) is 0 Å². The summed E-state index contributed by atoms with van der Waals surface area (Å²) in [5, 5.41) is 23.7. The Morgan fingerprint density at radius 2 is 1.88 bits per heavy atom. The highest BCUT2D eigenvalue weighted by atomic mass is 16.4. The van der Waals surface area contributed by atoms with Gasteiger partial charge in [0.2, 0.25) is 0 Å². The number of aromatic carboxylic acids is 2. The Morgan fingerprint density at radius 3 is 2.47 bits per heavy atom. The molecule has 17 heavy (non-hydrogen) atoms. The highest BCUT2D eigenvalue weighted by molar-refractivity contribution is 5.90. The molecule has 0 atom stereocenters. The predicted octanol–water partition coefficient (Wildman–Crippen LogP) is 1.47. The van der Waals surface area contributed by atoms with Crippen LogP contribution in [0.15, 0.2) is 30.3 Å². The van der Waals surface area contributed by atoms with E-state index in [9.17, 15) is 9.59 Å². The van der Waals surface area contributed by atoms with Gasteiger partial charge in [0.1, 0.15) is 5.69 Å². The first-order valence-electron chi connectivity index (χ1n) is 4.70. The van der Waals surface area contributed by atoms with Crippen LogP contribution in [0.1, 0.15) is 20.8 Å². The first-order valence-corrected chi connectivity index (χ1v) is 4.70. The number of carbonyl (C=O) groups is 2. The summed E-state index contributed by atoms with van der Waals surface area (Å²) >= 11 is 0. The normalized spacial score (nSPS) is 10.1. The number of aromatic amines is 1. The minimum Gasteiger partial charge on any atom is -0.478 e. The van der Waals surface area contributed by atoms with E-state index in [2.05, 4.69) is 10.2 Å². The average Bonchev–Trinajstić information content (AvgIpc) is 2.78. The number of nitrogens with zero attached hydrogens (tertiary/aromatic N) is 1. The Labute approximate surface area is 95.5 Å². The first-order chi connectivity index (χ1) is 8.08. The van der Waals surface area contributed by atoms with E-state index in [-0.39, 0.29) is 11.3 Å². The van der Waals surface area contributed by atoms with Gasteiger partial charge in [-0.2, -0.15) is 5.10 Å². The zero-order valence-corrected chi connectivity index (χ0v) is 8.54. The first kappa shape index (κ1) is 10.9. The van der Waals surface area contributed by atoms with Crippen LogP contribution in [0.3, 0.4) is 0 Å². The Balaban J connectivity index is 2.42. The standard InChI is InChI=1S/C11H8N2O4/c14-10(15)7-3-1-2-6(4-7)8-5-9(11(16)17)13-12-8/h1-5H,(H,12,13)(H,14,15)(H,16,17). The van der Waals surface area contributed by atoms with Gasteiger partial charge in [-0.3, -0.25) is 5.10 Å². The second kappa shape index (κ2) is 4.09. The van der Waals surface area contributed by atoms with Gasteiger partial charge in [0.05, 0.1) is 11.3 Å². The van der Waals surface area contributed by atoms with Crippen molar-refractivity contribution in [3.05, 3.63) is 41.6 Å². The Kier molecular flexibility index (Phi) is 2.61. The molecular formula is C11H8N2O4. The van der Waals surface area contributed by atoms with Crippen molar-refractivity contribution in [2.45, 2.75) is 0 Å². The van der Waals surface area contributed by atoms with E-state index < -0.39 is 11.9 Å². The number of H-pyrrole nitrogens is 1. The molecule has 6 nitrogen and oxygen atoms in total. The van der Waals surface area contributed by atoms with Crippen LogP contribution in [-0.2, 0) is 0 Å². The van der Waals surface area contributed by atoms with E-state index in [1.165, 1.54) is 18.2 Å². The highest BCUT2D eigenvalue weighted by Gasteiger charge is 2.10. The fourth-order valence-electron chi connectivity index (χ4n) is 1.39. The molecule has 0 spiro atoms. The lowest BCUT2D eigenvalue weighted by Gasteiger charge is -1.98. The van der Waals surface area contributed by atoms with Gasteiger partial charge >= 0.3 is 11.9 Å². The van der Waals surface area contributed by atoms with Crippen LogP contribution in [0.2, 0.25) is 0 Å². The number of rotatable bonds is 3. The van der Waals surface area contributed by atoms with Crippen molar-refractivity contribution < 1.29 is 19.8 Å². The lowest BCUT2D eigenvalue weighted by Crippen LogP contribution is -1.95. The molecule has 6 heteroatoms. The van der Waals surface area contributed by atoms with Gasteiger partial charge < -0.3 is 10.2 Å². The number of aromatic nitrogens is 2. The van der Waals surface area contributed by atoms with Crippen LogP contribution in [-0.4, -0.2) is 32.3 Å². The van der Waals surface area contributed by atoms with Gasteiger partial charge in [-0.15, -0.1) is 0 Å². The molecule has 0 unspecified atom stereocenters. The van der Waals surface area contributed by atoms with Gasteiger partial charge in [-0.05, 0) is 18.2 Å². The molecule has 2 rings (SSSR count). The molecule has 0 amide bonds. The molecule has 0 fully saturated rings. The van der Waals surface area contributed by atoms with Crippen LogP contribution < -0.4 is 0 Å². The smallest absolute Gasteiger partial charge is 0.353 e. The predicted molar refractivity (Wildman–Crippen MR) is 57.9 cm³/mol. The molecule has 0 saturated heterocycles.